The van der Waals surface area contributed by atoms with Crippen LogP contribution in [0.15, 0.2) is 30.5 Å². The van der Waals surface area contributed by atoms with Gasteiger partial charge in [0.25, 0.3) is 0 Å². The second-order valence-corrected chi connectivity index (χ2v) is 4.61. The summed E-state index contributed by atoms with van der Waals surface area (Å²) < 4.78 is 39.1. The minimum absolute atomic E-state index is 0.0493. The molecule has 0 radical (unpaired) electrons. The van der Waals surface area contributed by atoms with Crippen molar-refractivity contribution in [1.29, 1.82) is 0 Å². The van der Waals surface area contributed by atoms with Crippen LogP contribution in [0.2, 0.25) is 0 Å². The Morgan fingerprint density at radius 3 is 2.37 bits per heavy atom. The number of nitrogens with two attached hydrogens (primary N) is 1. The summed E-state index contributed by atoms with van der Waals surface area (Å²) in [6.07, 6.45) is -2.70. The Hall–Kier alpha value is -1.98. The third-order valence-electron chi connectivity index (χ3n) is 2.80. The number of anilines is 1. The van der Waals surface area contributed by atoms with Gasteiger partial charge in [-0.05, 0) is 30.2 Å². The lowest BCUT2D eigenvalue weighted by molar-refractivity contribution is -0.137. The Morgan fingerprint density at radius 1 is 1.21 bits per heavy atom. The topological polar surface area (TPSA) is 43.8 Å². The number of rotatable bonds is 2. The van der Waals surface area contributed by atoms with Crippen molar-refractivity contribution in [3.8, 4) is 5.69 Å². The third kappa shape index (κ3) is 2.72. The van der Waals surface area contributed by atoms with Gasteiger partial charge in [0, 0.05) is 6.20 Å². The first-order chi connectivity index (χ1) is 8.79. The molecule has 2 N–H and O–H groups in total. The van der Waals surface area contributed by atoms with Crippen molar-refractivity contribution in [2.45, 2.75) is 25.9 Å². The Bertz CT molecular complexity index is 585. The standard InChI is InChI=1S/C13H14F3N3/c1-8(2)11-5-6-19(18-11)12-4-3-9(7-10(12)17)13(14,15)16/h3-8H,17H2,1-2H3. The highest BCUT2D eigenvalue weighted by Crippen LogP contribution is 2.32. The van der Waals surface area contributed by atoms with Crippen LogP contribution in [0, 0.1) is 0 Å². The average Bonchev–Trinajstić information content (AvgIpc) is 2.76. The van der Waals surface area contributed by atoms with Gasteiger partial charge in [-0.15, -0.1) is 0 Å². The Kier molecular flexibility index (Phi) is 3.26. The minimum atomic E-state index is -4.39. The summed E-state index contributed by atoms with van der Waals surface area (Å²) >= 11 is 0. The van der Waals surface area contributed by atoms with Crippen molar-refractivity contribution in [2.24, 2.45) is 0 Å². The van der Waals surface area contributed by atoms with E-state index in [0.717, 1.165) is 17.8 Å². The zero-order valence-electron chi connectivity index (χ0n) is 10.6. The van der Waals surface area contributed by atoms with E-state index in [1.165, 1.54) is 10.7 Å². The summed E-state index contributed by atoms with van der Waals surface area (Å²) in [6.45, 7) is 3.98. The fraction of sp³-hybridized carbons (Fsp3) is 0.308. The van der Waals surface area contributed by atoms with Gasteiger partial charge in [-0.25, -0.2) is 4.68 Å². The van der Waals surface area contributed by atoms with Crippen LogP contribution in [0.5, 0.6) is 0 Å². The van der Waals surface area contributed by atoms with E-state index in [9.17, 15) is 13.2 Å². The monoisotopic (exact) mass is 269 g/mol. The van der Waals surface area contributed by atoms with Crippen LogP contribution in [0.3, 0.4) is 0 Å². The molecule has 0 saturated carbocycles. The SMILES string of the molecule is CC(C)c1ccn(-c2ccc(C(F)(F)F)cc2N)n1. The van der Waals surface area contributed by atoms with Crippen molar-refractivity contribution >= 4 is 5.69 Å². The maximum Gasteiger partial charge on any atom is 0.416 e. The molecule has 0 saturated heterocycles. The van der Waals surface area contributed by atoms with Gasteiger partial charge < -0.3 is 5.73 Å². The van der Waals surface area contributed by atoms with Crippen LogP contribution in [0.1, 0.15) is 31.0 Å². The molecule has 0 atom stereocenters. The highest BCUT2D eigenvalue weighted by molar-refractivity contribution is 5.59. The zero-order valence-corrected chi connectivity index (χ0v) is 10.6. The lowest BCUT2D eigenvalue weighted by atomic mass is 10.1. The first kappa shape index (κ1) is 13.5. The van der Waals surface area contributed by atoms with Crippen molar-refractivity contribution in [3.63, 3.8) is 0 Å². The Labute approximate surface area is 108 Å². The van der Waals surface area contributed by atoms with Gasteiger partial charge in [-0.2, -0.15) is 18.3 Å². The van der Waals surface area contributed by atoms with Gasteiger partial charge >= 0.3 is 6.18 Å². The number of nitrogens with zero attached hydrogens (tertiary/aromatic N) is 2. The van der Waals surface area contributed by atoms with Crippen molar-refractivity contribution in [3.05, 3.63) is 41.7 Å². The number of hydrogen-bond donors (Lipinski definition) is 1. The van der Waals surface area contributed by atoms with Gasteiger partial charge in [-0.3, -0.25) is 0 Å². The number of benzene rings is 1. The van der Waals surface area contributed by atoms with Crippen LogP contribution in [-0.4, -0.2) is 9.78 Å². The highest BCUT2D eigenvalue weighted by Gasteiger charge is 2.30. The van der Waals surface area contributed by atoms with Crippen LogP contribution in [-0.2, 0) is 6.18 Å². The second kappa shape index (κ2) is 4.60. The molecule has 0 amide bonds. The second-order valence-electron chi connectivity index (χ2n) is 4.61. The molecule has 0 aliphatic carbocycles. The third-order valence-corrected chi connectivity index (χ3v) is 2.80. The van der Waals surface area contributed by atoms with Crippen LogP contribution < -0.4 is 5.73 Å². The maximum absolute atomic E-state index is 12.5. The van der Waals surface area contributed by atoms with Gasteiger partial charge in [-0.1, -0.05) is 13.8 Å². The molecular formula is C13H14F3N3. The molecule has 1 aromatic heterocycles. The molecular weight excluding hydrogens is 255 g/mol. The first-order valence-electron chi connectivity index (χ1n) is 5.81. The summed E-state index contributed by atoms with van der Waals surface area (Å²) in [4.78, 5) is 0. The highest BCUT2D eigenvalue weighted by atomic mass is 19.4. The molecule has 2 aromatic rings. The fourth-order valence-electron chi connectivity index (χ4n) is 1.72. The summed E-state index contributed by atoms with van der Waals surface area (Å²) in [7, 11) is 0. The van der Waals surface area contributed by atoms with Crippen molar-refractivity contribution in [1.82, 2.24) is 9.78 Å². The van der Waals surface area contributed by atoms with Crippen molar-refractivity contribution in [2.75, 3.05) is 5.73 Å². The number of hydrogen-bond acceptors (Lipinski definition) is 2. The Morgan fingerprint density at radius 2 is 1.89 bits per heavy atom. The van der Waals surface area contributed by atoms with E-state index in [-0.39, 0.29) is 11.6 Å². The molecule has 0 bridgehead atoms. The van der Waals surface area contributed by atoms with E-state index in [2.05, 4.69) is 5.10 Å². The van der Waals surface area contributed by atoms with Crippen LogP contribution in [0.25, 0.3) is 5.69 Å². The zero-order chi connectivity index (χ0) is 14.2. The normalized spacial score (nSPS) is 12.1. The molecule has 0 unspecified atom stereocenters. The van der Waals surface area contributed by atoms with Gasteiger partial charge in [0.2, 0.25) is 0 Å². The predicted molar refractivity (Wildman–Crippen MR) is 67.1 cm³/mol. The number of alkyl halides is 3. The fourth-order valence-corrected chi connectivity index (χ4v) is 1.72. The molecule has 19 heavy (non-hydrogen) atoms. The molecule has 2 rings (SSSR count). The summed E-state index contributed by atoms with van der Waals surface area (Å²) in [6, 6.07) is 5.07. The smallest absolute Gasteiger partial charge is 0.397 e. The quantitative estimate of drug-likeness (QED) is 0.846. The maximum atomic E-state index is 12.5. The molecule has 0 aliphatic rings. The summed E-state index contributed by atoms with van der Waals surface area (Å²) in [5.41, 5.74) is 6.27. The average molecular weight is 269 g/mol. The lowest BCUT2D eigenvalue weighted by Gasteiger charge is -2.11. The van der Waals surface area contributed by atoms with Gasteiger partial charge in [0.05, 0.1) is 22.6 Å². The summed E-state index contributed by atoms with van der Waals surface area (Å²) in [5, 5.41) is 4.29. The van der Waals surface area contributed by atoms with Crippen LogP contribution in [0.4, 0.5) is 18.9 Å². The van der Waals surface area contributed by atoms with Crippen molar-refractivity contribution < 1.29 is 13.2 Å². The number of aromatic nitrogens is 2. The van der Waals surface area contributed by atoms with E-state index in [1.807, 2.05) is 19.9 Å². The van der Waals surface area contributed by atoms with E-state index in [1.54, 1.807) is 6.20 Å². The minimum Gasteiger partial charge on any atom is -0.397 e. The lowest BCUT2D eigenvalue weighted by Crippen LogP contribution is -2.08. The molecule has 3 nitrogen and oxygen atoms in total. The molecule has 0 fully saturated rings. The number of nitrogen functional groups attached to an aromatic ring is 1. The summed E-state index contributed by atoms with van der Waals surface area (Å²) in [5.74, 6) is 0.247. The van der Waals surface area contributed by atoms with Gasteiger partial charge in [0.15, 0.2) is 0 Å². The Balaban J connectivity index is 2.40. The molecule has 102 valence electrons. The molecule has 6 heteroatoms. The van der Waals surface area contributed by atoms with E-state index in [4.69, 9.17) is 5.73 Å². The molecule has 0 aliphatic heterocycles. The van der Waals surface area contributed by atoms with E-state index < -0.39 is 11.7 Å². The molecule has 1 aromatic carbocycles. The van der Waals surface area contributed by atoms with E-state index >= 15 is 0 Å². The predicted octanol–water partition coefficient (Wildman–Crippen LogP) is 3.60. The molecule has 1 heterocycles. The van der Waals surface area contributed by atoms with Gasteiger partial charge in [0.1, 0.15) is 0 Å². The number of halogens is 3. The van der Waals surface area contributed by atoms with E-state index in [0.29, 0.717) is 5.69 Å². The largest absolute Gasteiger partial charge is 0.416 e. The first-order valence-corrected chi connectivity index (χ1v) is 5.81. The van der Waals surface area contributed by atoms with Crippen LogP contribution >= 0.6 is 0 Å². The molecule has 0 spiro atoms.